The molecule has 146 valence electrons. The molecule has 2 aromatic carbocycles. The van der Waals surface area contributed by atoms with Gasteiger partial charge in [-0.1, -0.05) is 37.3 Å². The molecule has 0 bridgehead atoms. The molecule has 1 fully saturated rings. The molecule has 0 saturated carbocycles. The largest absolute Gasteiger partial charge is 0.489 e. The zero-order valence-electron chi connectivity index (χ0n) is 15.5. The van der Waals surface area contributed by atoms with Crippen LogP contribution in [0, 0.1) is 5.92 Å². The summed E-state index contributed by atoms with van der Waals surface area (Å²) in [6, 6.07) is 17.6. The molecule has 1 amide bonds. The molecule has 1 aliphatic heterocycles. The first-order chi connectivity index (χ1) is 12.7. The standard InChI is InChI=1S/C21H26N2O3.ClH/c1-16-13-22-12-11-20(16)23-21(24)15-26-19-9-7-18(8-10-19)25-14-17-5-3-2-4-6-17;/h2-10,16,20,22H,11-15H2,1H3,(H,23,24);1H. The third kappa shape index (κ3) is 6.77. The van der Waals surface area contributed by atoms with Gasteiger partial charge in [0.2, 0.25) is 0 Å². The fourth-order valence-corrected chi connectivity index (χ4v) is 3.00. The maximum atomic E-state index is 12.1. The van der Waals surface area contributed by atoms with Crippen LogP contribution < -0.4 is 20.1 Å². The van der Waals surface area contributed by atoms with Gasteiger partial charge in [-0.25, -0.2) is 0 Å². The molecule has 5 nitrogen and oxygen atoms in total. The predicted octanol–water partition coefficient (Wildman–Crippen LogP) is 3.18. The van der Waals surface area contributed by atoms with E-state index < -0.39 is 0 Å². The SMILES string of the molecule is CC1CNCCC1NC(=O)COc1ccc(OCc2ccccc2)cc1.Cl. The number of rotatable bonds is 7. The van der Waals surface area contributed by atoms with Gasteiger partial charge in [0.25, 0.3) is 5.91 Å². The van der Waals surface area contributed by atoms with Gasteiger partial charge in [0, 0.05) is 6.04 Å². The highest BCUT2D eigenvalue weighted by Gasteiger charge is 2.22. The van der Waals surface area contributed by atoms with Crippen LogP contribution in [0.15, 0.2) is 54.6 Å². The van der Waals surface area contributed by atoms with Gasteiger partial charge >= 0.3 is 0 Å². The summed E-state index contributed by atoms with van der Waals surface area (Å²) in [7, 11) is 0. The van der Waals surface area contributed by atoms with Crippen molar-refractivity contribution in [2.24, 2.45) is 5.92 Å². The quantitative estimate of drug-likeness (QED) is 0.762. The van der Waals surface area contributed by atoms with Crippen LogP contribution >= 0.6 is 12.4 Å². The van der Waals surface area contributed by atoms with Crippen molar-refractivity contribution in [2.75, 3.05) is 19.7 Å². The van der Waals surface area contributed by atoms with Crippen molar-refractivity contribution in [1.29, 1.82) is 0 Å². The van der Waals surface area contributed by atoms with Crippen molar-refractivity contribution in [3.05, 3.63) is 60.2 Å². The summed E-state index contributed by atoms with van der Waals surface area (Å²) in [5, 5.41) is 6.39. The second kappa shape index (κ2) is 10.8. The lowest BCUT2D eigenvalue weighted by Gasteiger charge is -2.30. The van der Waals surface area contributed by atoms with Gasteiger partial charge in [-0.3, -0.25) is 4.79 Å². The lowest BCUT2D eigenvalue weighted by molar-refractivity contribution is -0.124. The van der Waals surface area contributed by atoms with Crippen LogP contribution in [0.4, 0.5) is 0 Å². The van der Waals surface area contributed by atoms with Gasteiger partial charge < -0.3 is 20.1 Å². The Morgan fingerprint density at radius 2 is 1.74 bits per heavy atom. The molecule has 6 heteroatoms. The van der Waals surface area contributed by atoms with Gasteiger partial charge in [-0.2, -0.15) is 0 Å². The van der Waals surface area contributed by atoms with Crippen LogP contribution in [-0.2, 0) is 11.4 Å². The fourth-order valence-electron chi connectivity index (χ4n) is 3.00. The van der Waals surface area contributed by atoms with Crippen molar-refractivity contribution in [2.45, 2.75) is 26.0 Å². The maximum Gasteiger partial charge on any atom is 0.258 e. The highest BCUT2D eigenvalue weighted by Crippen LogP contribution is 2.19. The molecule has 0 aromatic heterocycles. The van der Waals surface area contributed by atoms with Crippen molar-refractivity contribution in [1.82, 2.24) is 10.6 Å². The number of amides is 1. The average molecular weight is 391 g/mol. The van der Waals surface area contributed by atoms with E-state index in [2.05, 4.69) is 17.6 Å². The van der Waals surface area contributed by atoms with E-state index in [4.69, 9.17) is 9.47 Å². The van der Waals surface area contributed by atoms with E-state index in [1.165, 1.54) is 0 Å². The smallest absolute Gasteiger partial charge is 0.258 e. The average Bonchev–Trinajstić information content (AvgIpc) is 2.68. The van der Waals surface area contributed by atoms with Crippen LogP contribution in [0.1, 0.15) is 18.9 Å². The Balaban J connectivity index is 0.00000261. The Hall–Kier alpha value is -2.24. The lowest BCUT2D eigenvalue weighted by Crippen LogP contribution is -2.49. The third-order valence-electron chi connectivity index (χ3n) is 4.57. The Kier molecular flexibility index (Phi) is 8.43. The molecule has 27 heavy (non-hydrogen) atoms. The molecular formula is C21H27ClN2O3. The molecule has 2 atom stereocenters. The minimum absolute atomic E-state index is 0. The highest BCUT2D eigenvalue weighted by molar-refractivity contribution is 5.85. The third-order valence-corrected chi connectivity index (χ3v) is 4.57. The first-order valence-electron chi connectivity index (χ1n) is 9.10. The van der Waals surface area contributed by atoms with E-state index in [1.54, 1.807) is 0 Å². The monoisotopic (exact) mass is 390 g/mol. The Bertz CT molecular complexity index is 694. The number of carbonyl (C=O) groups excluding carboxylic acids is 1. The summed E-state index contributed by atoms with van der Waals surface area (Å²) < 4.78 is 11.3. The first kappa shape index (κ1) is 21.1. The Morgan fingerprint density at radius 1 is 1.07 bits per heavy atom. The van der Waals surface area contributed by atoms with Crippen molar-refractivity contribution in [3.63, 3.8) is 0 Å². The minimum Gasteiger partial charge on any atom is -0.489 e. The molecule has 2 aromatic rings. The number of hydrogen-bond donors (Lipinski definition) is 2. The van der Waals surface area contributed by atoms with Crippen molar-refractivity contribution < 1.29 is 14.3 Å². The number of piperidine rings is 1. The topological polar surface area (TPSA) is 59.6 Å². The number of benzene rings is 2. The molecule has 0 radical (unpaired) electrons. The van der Waals surface area contributed by atoms with E-state index >= 15 is 0 Å². The van der Waals surface area contributed by atoms with E-state index in [0.717, 1.165) is 30.8 Å². The summed E-state index contributed by atoms with van der Waals surface area (Å²) in [5.41, 5.74) is 1.12. The molecule has 3 rings (SSSR count). The normalized spacial score (nSPS) is 18.9. The second-order valence-electron chi connectivity index (χ2n) is 6.68. The number of ether oxygens (including phenoxy) is 2. The van der Waals surface area contributed by atoms with Crippen LogP contribution in [0.3, 0.4) is 0 Å². The molecular weight excluding hydrogens is 364 g/mol. The van der Waals surface area contributed by atoms with Crippen molar-refractivity contribution >= 4 is 18.3 Å². The molecule has 1 saturated heterocycles. The molecule has 0 spiro atoms. The minimum atomic E-state index is -0.0758. The fraction of sp³-hybridized carbons (Fsp3) is 0.381. The summed E-state index contributed by atoms with van der Waals surface area (Å²) in [5.74, 6) is 1.79. The number of halogens is 1. The summed E-state index contributed by atoms with van der Waals surface area (Å²) in [4.78, 5) is 12.1. The van der Waals surface area contributed by atoms with Crippen LogP contribution in [0.25, 0.3) is 0 Å². The lowest BCUT2D eigenvalue weighted by atomic mass is 9.95. The number of hydrogen-bond acceptors (Lipinski definition) is 4. The first-order valence-corrected chi connectivity index (χ1v) is 9.10. The van der Waals surface area contributed by atoms with E-state index in [0.29, 0.717) is 18.3 Å². The van der Waals surface area contributed by atoms with Gasteiger partial charge in [-0.05, 0) is 55.3 Å². The molecule has 2 N–H and O–H groups in total. The van der Waals surface area contributed by atoms with E-state index in [-0.39, 0.29) is 31.0 Å². The number of nitrogens with one attached hydrogen (secondary N) is 2. The van der Waals surface area contributed by atoms with Crippen molar-refractivity contribution in [3.8, 4) is 11.5 Å². The number of carbonyl (C=O) groups is 1. The Labute approximate surface area is 166 Å². The molecule has 2 unspecified atom stereocenters. The zero-order valence-corrected chi connectivity index (χ0v) is 16.3. The molecule has 0 aliphatic carbocycles. The second-order valence-corrected chi connectivity index (χ2v) is 6.68. The molecule has 1 aliphatic rings. The summed E-state index contributed by atoms with van der Waals surface area (Å²) in [6.07, 6.45) is 0.959. The van der Waals surface area contributed by atoms with Gasteiger partial charge in [0.05, 0.1) is 0 Å². The Morgan fingerprint density at radius 3 is 2.41 bits per heavy atom. The summed E-state index contributed by atoms with van der Waals surface area (Å²) in [6.45, 7) is 4.59. The van der Waals surface area contributed by atoms with E-state index in [9.17, 15) is 4.79 Å². The maximum absolute atomic E-state index is 12.1. The van der Waals surface area contributed by atoms with Gasteiger partial charge in [0.15, 0.2) is 6.61 Å². The molecule has 1 heterocycles. The zero-order chi connectivity index (χ0) is 18.2. The van der Waals surface area contributed by atoms with Crippen LogP contribution in [-0.4, -0.2) is 31.6 Å². The van der Waals surface area contributed by atoms with Crippen LogP contribution in [0.5, 0.6) is 11.5 Å². The van der Waals surface area contributed by atoms with Gasteiger partial charge in [0.1, 0.15) is 18.1 Å². The van der Waals surface area contributed by atoms with E-state index in [1.807, 2.05) is 54.6 Å². The highest BCUT2D eigenvalue weighted by atomic mass is 35.5. The van der Waals surface area contributed by atoms with Gasteiger partial charge in [-0.15, -0.1) is 12.4 Å². The summed E-state index contributed by atoms with van der Waals surface area (Å²) >= 11 is 0. The van der Waals surface area contributed by atoms with Crippen LogP contribution in [0.2, 0.25) is 0 Å². The predicted molar refractivity (Wildman–Crippen MR) is 109 cm³/mol.